The third-order valence-corrected chi connectivity index (χ3v) is 21.3. The van der Waals surface area contributed by atoms with E-state index in [0.717, 1.165) is 32.9 Å². The molecule has 2 aromatic heterocycles. The topological polar surface area (TPSA) is 309 Å². The number of terminal acetylenes is 1. The maximum Gasteiger partial charge on any atom is 0.329 e. The number of ether oxygens (including phenoxy) is 4. The number of benzene rings is 1. The van der Waals surface area contributed by atoms with Crippen LogP contribution in [-0.2, 0) is 52.9 Å². The monoisotopic (exact) mass is 1310 g/mol. The molecule has 1 saturated carbocycles. The second-order valence-electron chi connectivity index (χ2n) is 26.1. The van der Waals surface area contributed by atoms with Crippen molar-refractivity contribution in [2.75, 3.05) is 57.6 Å². The number of rotatable bonds is 12. The van der Waals surface area contributed by atoms with Crippen LogP contribution in [-0.4, -0.2) is 194 Å². The van der Waals surface area contributed by atoms with Gasteiger partial charge in [-0.05, 0) is 113 Å². The molecule has 93 heavy (non-hydrogen) atoms. The molecule has 15 atom stereocenters. The Labute approximate surface area is 547 Å². The van der Waals surface area contributed by atoms with Crippen LogP contribution in [0.5, 0.6) is 0 Å². The highest BCUT2D eigenvalue weighted by Crippen LogP contribution is 2.40. The predicted octanol–water partition coefficient (Wildman–Crippen LogP) is 6.29. The van der Waals surface area contributed by atoms with Crippen LogP contribution in [0.4, 0.5) is 5.95 Å². The number of carbonyl (C=O) groups is 5. The summed E-state index contributed by atoms with van der Waals surface area (Å²) < 4.78 is 53.4. The van der Waals surface area contributed by atoms with Crippen LogP contribution in [0.1, 0.15) is 131 Å². The fourth-order valence-electron chi connectivity index (χ4n) is 13.6. The van der Waals surface area contributed by atoms with Crippen molar-refractivity contribution in [2.24, 2.45) is 35.3 Å². The van der Waals surface area contributed by atoms with Crippen molar-refractivity contribution < 1.29 is 66.7 Å². The van der Waals surface area contributed by atoms with Crippen LogP contribution < -0.4 is 10.6 Å². The average Bonchev–Trinajstić information content (AvgIpc) is 1.04. The van der Waals surface area contributed by atoms with Gasteiger partial charge in [0.25, 0.3) is 11.7 Å². The van der Waals surface area contributed by atoms with Gasteiger partial charge in [0.2, 0.25) is 21.8 Å². The number of nitrogens with two attached hydrogens (primary N) is 1. The summed E-state index contributed by atoms with van der Waals surface area (Å²) in [5, 5.41) is 43.6. The summed E-state index contributed by atoms with van der Waals surface area (Å²) >= 11 is 0. The number of Topliss-reactive ketones (excluding diaryl/α,β-unsaturated/α-hetero) is 3. The first-order valence-electron chi connectivity index (χ1n) is 32.8. The molecule has 3 saturated heterocycles. The number of piperazine rings is 1. The number of esters is 1. The molecular weight excluding hydrogens is 1210 g/mol. The third kappa shape index (κ3) is 17.8. The molecule has 3 aromatic rings. The van der Waals surface area contributed by atoms with Crippen LogP contribution in [0.25, 0.3) is 22.4 Å². The van der Waals surface area contributed by atoms with Crippen molar-refractivity contribution >= 4 is 45.2 Å². The number of methoxy groups -OCH3 is 2. The lowest BCUT2D eigenvalue weighted by atomic mass is 9.79. The van der Waals surface area contributed by atoms with Crippen molar-refractivity contribution in [2.45, 2.75) is 186 Å². The Balaban J connectivity index is 0.998. The lowest BCUT2D eigenvalue weighted by Crippen LogP contribution is -2.61. The second kappa shape index (κ2) is 32.7. The van der Waals surface area contributed by atoms with E-state index in [1.165, 1.54) is 17.3 Å². The zero-order valence-corrected chi connectivity index (χ0v) is 55.8. The first kappa shape index (κ1) is 72.2. The van der Waals surface area contributed by atoms with E-state index in [9.17, 15) is 47.7 Å². The van der Waals surface area contributed by atoms with Gasteiger partial charge in [0.05, 0.1) is 42.0 Å². The van der Waals surface area contributed by atoms with Crippen molar-refractivity contribution in [1.82, 2.24) is 34.2 Å². The van der Waals surface area contributed by atoms with Gasteiger partial charge in [0.1, 0.15) is 30.1 Å². The van der Waals surface area contributed by atoms with Gasteiger partial charge in [-0.3, -0.25) is 19.2 Å². The minimum absolute atomic E-state index is 0.0128. The number of hydrogen-bond acceptors (Lipinski definition) is 20. The van der Waals surface area contributed by atoms with Crippen LogP contribution in [0.15, 0.2) is 90.5 Å². The van der Waals surface area contributed by atoms with E-state index in [1.807, 2.05) is 78.1 Å². The normalized spacial score (nSPS) is 33.1. The summed E-state index contributed by atoms with van der Waals surface area (Å²) in [4.78, 5) is 84.2. The molecule has 0 radical (unpaired) electrons. The highest BCUT2D eigenvalue weighted by Gasteiger charge is 2.53. The molecule has 4 aliphatic heterocycles. The molecule has 4 fully saturated rings. The summed E-state index contributed by atoms with van der Waals surface area (Å²) in [6.07, 6.45) is 19.6. The number of anilines is 1. The summed E-state index contributed by atoms with van der Waals surface area (Å²) in [5.74, 6) is -6.28. The molecule has 1 aromatic carbocycles. The minimum Gasteiger partial charge on any atom is -0.459 e. The van der Waals surface area contributed by atoms with Crippen molar-refractivity contribution in [3.63, 3.8) is 0 Å². The zero-order valence-electron chi connectivity index (χ0n) is 55.0. The average molecular weight is 1310 g/mol. The molecule has 2 bridgehead atoms. The lowest BCUT2D eigenvalue weighted by molar-refractivity contribution is -0.265. The molecule has 1 aliphatic carbocycles. The molecule has 1 amide bonds. The predicted molar refractivity (Wildman–Crippen MR) is 350 cm³/mol. The molecule has 24 heteroatoms. The Morgan fingerprint density at radius 2 is 1.57 bits per heavy atom. The molecule has 0 spiro atoms. The Bertz CT molecular complexity index is 3370. The van der Waals surface area contributed by atoms with Gasteiger partial charge in [0, 0.05) is 114 Å². The standard InChI is InChI=1S/C69H95N9O14S/c1-10-11-32-93(87,88)76-30-28-75(29-31-76)68-71-40-52(41-72-68)50-20-17-21-51(37-50)57-42-73-74-78(57)55-26-24-49(36-61(55)90-9)35-54(70)60-39-58(79)45(4)34-47(6)63(81)64(82)62(80)46(5)33-43(2)18-13-12-14-19-44(3)59(89-8)38-53-25-23-48(7)69(86,92-53)65(83)66(84)77-27-16-15-22-56(77)67(85)91-60/h1,12-14,17-21,34,37,40-43,45-46,48-49,53-56,59-61,63-64,81-82,86H,11,15-16,22-33,35-36,38-39,70H2,2-9H3/b14-12+,18-13+,44-19+,47-34+/t43-,45-,46-,48-,49+,53+,54-,55+,56+,59+,60+,61-,63-,64+,69-/m1/s1. The Hall–Kier alpha value is -6.66. The maximum absolute atomic E-state index is 14.8. The van der Waals surface area contributed by atoms with Crippen molar-refractivity contribution in [3.8, 4) is 34.7 Å². The van der Waals surface area contributed by atoms with Crippen LogP contribution in [0.3, 0.4) is 0 Å². The molecule has 23 nitrogen and oxygen atoms in total. The zero-order chi connectivity index (χ0) is 67.3. The lowest BCUT2D eigenvalue weighted by Gasteiger charge is -2.42. The van der Waals surface area contributed by atoms with Crippen LogP contribution in [0, 0.1) is 41.9 Å². The van der Waals surface area contributed by atoms with E-state index in [2.05, 4.69) is 26.2 Å². The quantitative estimate of drug-likeness (QED) is 0.0670. The fraction of sp³-hybridized carbons (Fsp3) is 0.609. The molecule has 5 N–H and O–H groups in total. The largest absolute Gasteiger partial charge is 0.459 e. The van der Waals surface area contributed by atoms with Gasteiger partial charge in [0.15, 0.2) is 5.78 Å². The molecule has 8 rings (SSSR count). The van der Waals surface area contributed by atoms with Crippen molar-refractivity contribution in [1.29, 1.82) is 0 Å². The van der Waals surface area contributed by atoms with Crippen molar-refractivity contribution in [3.05, 3.63) is 90.5 Å². The van der Waals surface area contributed by atoms with Crippen LogP contribution >= 0.6 is 0 Å². The van der Waals surface area contributed by atoms with Gasteiger partial charge >= 0.3 is 5.97 Å². The smallest absolute Gasteiger partial charge is 0.329 e. The number of nitrogens with zero attached hydrogens (tertiary/aromatic N) is 8. The number of cyclic esters (lactones) is 1. The molecule has 6 heterocycles. The third-order valence-electron chi connectivity index (χ3n) is 19.4. The Morgan fingerprint density at radius 3 is 2.28 bits per heavy atom. The van der Waals surface area contributed by atoms with Gasteiger partial charge in [-0.1, -0.05) is 87.6 Å². The number of amides is 1. The van der Waals surface area contributed by atoms with E-state index < -0.39 is 105 Å². The number of piperidine rings is 1. The number of ketones is 3. The van der Waals surface area contributed by atoms with E-state index in [4.69, 9.17) is 31.1 Å². The number of allylic oxidation sites excluding steroid dienone is 6. The first-order valence-corrected chi connectivity index (χ1v) is 34.4. The number of hydrogen-bond donors (Lipinski definition) is 4. The Kier molecular flexibility index (Phi) is 25.3. The minimum atomic E-state index is -3.45. The molecule has 5 aliphatic rings. The number of aliphatic hydroxyl groups is 3. The first-order chi connectivity index (χ1) is 44.4. The summed E-state index contributed by atoms with van der Waals surface area (Å²) in [5.41, 5.74) is 11.4. The van der Waals surface area contributed by atoms with E-state index >= 15 is 0 Å². The number of aliphatic hydroxyl groups excluding tert-OH is 2. The SMILES string of the molecule is C#CCCS(=O)(=O)N1CCN(c2ncc(-c3cccc(-c4cnnn4[C@H]4CC[C@@H](C[C@@H](N)[C@@H]5CC(=O)[C@H](C)/C=C(\C)[C@@H](O)[C@@H](O)C(=O)[C@H](C)C[C@H](C)/C=C/C=C/C=C(\C)[C@@H](OC)C[C@@H]6CC[C@@H](C)[C@@](O)(O6)C(=O)C(=O)N6CCCC[C@H]6C(=O)O5)C[C@H]4OC)c3)cn2)CC1. The van der Waals surface area contributed by atoms with Gasteiger partial charge < -0.3 is 49.8 Å². The second-order valence-corrected chi connectivity index (χ2v) is 28.2. The summed E-state index contributed by atoms with van der Waals surface area (Å²) in [6, 6.07) is 5.42. The van der Waals surface area contributed by atoms with E-state index in [1.54, 1.807) is 53.6 Å². The highest BCUT2D eigenvalue weighted by molar-refractivity contribution is 7.89. The van der Waals surface area contributed by atoms with Gasteiger partial charge in [-0.25, -0.2) is 27.9 Å². The van der Waals surface area contributed by atoms with Crippen LogP contribution in [0.2, 0.25) is 0 Å². The number of sulfonamides is 1. The fourth-order valence-corrected chi connectivity index (χ4v) is 15.0. The summed E-state index contributed by atoms with van der Waals surface area (Å²) in [7, 11) is -0.260. The van der Waals surface area contributed by atoms with Gasteiger partial charge in [-0.2, -0.15) is 4.31 Å². The highest BCUT2D eigenvalue weighted by atomic mass is 32.2. The summed E-state index contributed by atoms with van der Waals surface area (Å²) in [6.45, 7) is 11.8. The number of carbonyl (C=O) groups excluding carboxylic acids is 5. The van der Waals surface area contributed by atoms with Gasteiger partial charge in [-0.15, -0.1) is 17.4 Å². The van der Waals surface area contributed by atoms with E-state index in [-0.39, 0.29) is 74.0 Å². The molecular formula is C69H95N9O14S. The molecule has 0 unspecified atom stereocenters. The number of aromatic nitrogens is 5. The number of fused-ring (bicyclic) bond motifs is 3. The van der Waals surface area contributed by atoms with E-state index in [0.29, 0.717) is 83.5 Å². The molecule has 506 valence electrons. The Morgan fingerprint density at radius 1 is 0.839 bits per heavy atom. The maximum atomic E-state index is 14.8.